The second-order valence-corrected chi connectivity index (χ2v) is 6.33. The Morgan fingerprint density at radius 1 is 1.39 bits per heavy atom. The first-order valence-electron chi connectivity index (χ1n) is 7.36. The zero-order valence-electron chi connectivity index (χ0n) is 12.9. The number of rotatable bonds is 6. The number of nitrogens with two attached hydrogens (primary N) is 1. The van der Waals surface area contributed by atoms with Crippen LogP contribution in [0.2, 0.25) is 0 Å². The first-order valence-corrected chi connectivity index (χ1v) is 7.36. The third-order valence-corrected chi connectivity index (χ3v) is 5.20. The van der Waals surface area contributed by atoms with Crippen molar-refractivity contribution in [2.75, 3.05) is 0 Å². The second kappa shape index (κ2) is 6.60. The molecule has 5 N–H and O–H groups in total. The van der Waals surface area contributed by atoms with Gasteiger partial charge in [0.1, 0.15) is 6.17 Å². The Morgan fingerprint density at radius 2 is 1.96 bits per heavy atom. The first-order chi connectivity index (χ1) is 10.2. The molecule has 2 aliphatic carbocycles. The molecule has 0 aromatic rings. The number of carboxylic acid groups (broad SMARTS) is 2. The monoisotopic (exact) mass is 352 g/mol. The Hall–Kier alpha value is -1.41. The van der Waals surface area contributed by atoms with Crippen LogP contribution in [0.3, 0.4) is 0 Å². The number of carbonyl (C=O) groups excluding carboxylic acids is 1. The van der Waals surface area contributed by atoms with Gasteiger partial charge in [-0.3, -0.25) is 9.59 Å². The van der Waals surface area contributed by atoms with E-state index in [1.807, 2.05) is 6.92 Å². The van der Waals surface area contributed by atoms with Crippen molar-refractivity contribution in [2.45, 2.75) is 44.4 Å². The number of fused-ring (bicyclic) bond motifs is 1. The van der Waals surface area contributed by atoms with Crippen LogP contribution in [0, 0.1) is 23.7 Å². The quantitative estimate of drug-likeness (QED) is 0.548. The Bertz CT molecular complexity index is 519. The summed E-state index contributed by atoms with van der Waals surface area (Å²) in [5.41, 5.74) is 3.58. The second-order valence-electron chi connectivity index (χ2n) is 6.33. The van der Waals surface area contributed by atoms with Crippen molar-refractivity contribution in [3.63, 3.8) is 0 Å². The van der Waals surface area contributed by atoms with E-state index in [-0.39, 0.29) is 24.7 Å². The molecular weight excluding hydrogens is 331 g/mol. The lowest BCUT2D eigenvalue weighted by Gasteiger charge is -2.33. The highest BCUT2D eigenvalue weighted by Gasteiger charge is 2.76. The zero-order chi connectivity index (χ0) is 16.8. The maximum Gasteiger partial charge on any atom is 0.332 e. The molecule has 7 nitrogen and oxygen atoms in total. The summed E-state index contributed by atoms with van der Waals surface area (Å²) in [6, 6.07) is -0.963. The number of hydrogen-bond acceptors (Lipinski definition) is 4. The maximum atomic E-state index is 14.3. The van der Waals surface area contributed by atoms with Crippen molar-refractivity contribution < 1.29 is 29.0 Å². The summed E-state index contributed by atoms with van der Waals surface area (Å²) in [6.45, 7) is 3.56. The van der Waals surface area contributed by atoms with Gasteiger partial charge in [-0.1, -0.05) is 20.3 Å². The lowest BCUT2D eigenvalue weighted by Crippen LogP contribution is -2.64. The number of carboxylic acids is 2. The minimum atomic E-state index is -2.18. The van der Waals surface area contributed by atoms with Crippen LogP contribution in [-0.2, 0) is 14.4 Å². The number of carbonyl (C=O) groups is 3. The predicted octanol–water partition coefficient (Wildman–Crippen LogP) is 0.410. The van der Waals surface area contributed by atoms with Crippen LogP contribution in [0.1, 0.15) is 26.7 Å². The maximum absolute atomic E-state index is 14.3. The standard InChI is InChI=1S/C14H21FN2O5.ClH/c1-3-5(2)10(16)11(18)17-14(13(21)22)7(15)4-6-8(9(6)14)12(19)20;/h5-10H,3-4,16H2,1-2H3,(H,17,18)(H,19,20)(H,21,22);1H/t5-,6-,7-,8-,9-,10-,14-;/m0./s1. The normalized spacial score (nSPS) is 37.0. The van der Waals surface area contributed by atoms with Gasteiger partial charge in [0.2, 0.25) is 5.91 Å². The predicted molar refractivity (Wildman–Crippen MR) is 80.8 cm³/mol. The van der Waals surface area contributed by atoms with Crippen LogP contribution in [0.25, 0.3) is 0 Å². The van der Waals surface area contributed by atoms with Gasteiger partial charge in [-0.25, -0.2) is 9.18 Å². The molecule has 2 fully saturated rings. The summed E-state index contributed by atoms with van der Waals surface area (Å²) in [5.74, 6) is -6.06. The number of alkyl halides is 1. The molecule has 0 spiro atoms. The van der Waals surface area contributed by atoms with Crippen LogP contribution in [0.5, 0.6) is 0 Å². The Morgan fingerprint density at radius 3 is 2.39 bits per heavy atom. The molecule has 7 atom stereocenters. The molecule has 2 rings (SSSR count). The highest BCUT2D eigenvalue weighted by atomic mass is 35.5. The lowest BCUT2D eigenvalue weighted by atomic mass is 9.87. The van der Waals surface area contributed by atoms with E-state index in [1.54, 1.807) is 6.92 Å². The Balaban J connectivity index is 0.00000264. The highest BCUT2D eigenvalue weighted by Crippen LogP contribution is 2.63. The van der Waals surface area contributed by atoms with Crippen molar-refractivity contribution in [3.05, 3.63) is 0 Å². The smallest absolute Gasteiger partial charge is 0.332 e. The van der Waals surface area contributed by atoms with E-state index < -0.39 is 53.4 Å². The van der Waals surface area contributed by atoms with E-state index in [1.165, 1.54) is 0 Å². The molecule has 0 saturated heterocycles. The molecule has 0 aliphatic heterocycles. The van der Waals surface area contributed by atoms with Crippen LogP contribution in [0.4, 0.5) is 4.39 Å². The number of amides is 1. The molecule has 0 aromatic heterocycles. The SMILES string of the molecule is CC[C@H](C)[C@H](N)C(=O)N[C@]1(C(=O)O)[C@H]2[C@@H](C[C@@H]1F)[C@@H]2C(=O)O.Cl. The molecule has 0 aromatic carbocycles. The topological polar surface area (TPSA) is 130 Å². The molecule has 0 radical (unpaired) electrons. The molecule has 23 heavy (non-hydrogen) atoms. The molecule has 0 bridgehead atoms. The average Bonchev–Trinajstić information content (AvgIpc) is 3.09. The van der Waals surface area contributed by atoms with Gasteiger partial charge in [-0.15, -0.1) is 12.4 Å². The van der Waals surface area contributed by atoms with Crippen molar-refractivity contribution in [1.82, 2.24) is 5.32 Å². The molecule has 2 aliphatic rings. The average molecular weight is 353 g/mol. The zero-order valence-corrected chi connectivity index (χ0v) is 13.7. The summed E-state index contributed by atoms with van der Waals surface area (Å²) in [5, 5.41) is 20.8. The number of aliphatic carboxylic acids is 2. The molecule has 0 heterocycles. The summed E-state index contributed by atoms with van der Waals surface area (Å²) < 4.78 is 14.3. The van der Waals surface area contributed by atoms with Crippen LogP contribution < -0.4 is 11.1 Å². The van der Waals surface area contributed by atoms with Gasteiger partial charge in [0.25, 0.3) is 0 Å². The van der Waals surface area contributed by atoms with E-state index in [2.05, 4.69) is 5.32 Å². The molecule has 0 unspecified atom stereocenters. The summed E-state index contributed by atoms with van der Waals surface area (Å²) in [6.07, 6.45) is -1.38. The van der Waals surface area contributed by atoms with Crippen LogP contribution >= 0.6 is 12.4 Å². The third kappa shape index (κ3) is 2.89. The van der Waals surface area contributed by atoms with Crippen LogP contribution in [-0.4, -0.2) is 45.8 Å². The summed E-state index contributed by atoms with van der Waals surface area (Å²) in [7, 11) is 0. The summed E-state index contributed by atoms with van der Waals surface area (Å²) >= 11 is 0. The van der Waals surface area contributed by atoms with Gasteiger partial charge in [-0.05, 0) is 18.3 Å². The van der Waals surface area contributed by atoms with E-state index in [0.717, 1.165) is 0 Å². The van der Waals surface area contributed by atoms with Gasteiger partial charge < -0.3 is 21.3 Å². The van der Waals surface area contributed by atoms with Crippen LogP contribution in [0.15, 0.2) is 0 Å². The summed E-state index contributed by atoms with van der Waals surface area (Å²) in [4.78, 5) is 34.9. The van der Waals surface area contributed by atoms with Crippen molar-refractivity contribution in [2.24, 2.45) is 29.4 Å². The van der Waals surface area contributed by atoms with E-state index in [4.69, 9.17) is 10.8 Å². The Labute approximate surface area is 139 Å². The molecule has 1 amide bonds. The molecule has 9 heteroatoms. The van der Waals surface area contributed by atoms with Gasteiger partial charge in [0.15, 0.2) is 5.54 Å². The third-order valence-electron chi connectivity index (χ3n) is 5.20. The van der Waals surface area contributed by atoms with Gasteiger partial charge in [0.05, 0.1) is 12.0 Å². The minimum Gasteiger partial charge on any atom is -0.481 e. The van der Waals surface area contributed by atoms with E-state index >= 15 is 0 Å². The van der Waals surface area contributed by atoms with Gasteiger partial charge in [0, 0.05) is 5.92 Å². The minimum absolute atomic E-state index is 0. The van der Waals surface area contributed by atoms with Gasteiger partial charge in [-0.2, -0.15) is 0 Å². The fraction of sp³-hybridized carbons (Fsp3) is 0.786. The molecule has 132 valence electrons. The number of hydrogen-bond donors (Lipinski definition) is 4. The van der Waals surface area contributed by atoms with Crippen molar-refractivity contribution >= 4 is 30.3 Å². The fourth-order valence-corrected chi connectivity index (χ4v) is 3.55. The molecule has 2 saturated carbocycles. The Kier molecular flexibility index (Phi) is 5.64. The van der Waals surface area contributed by atoms with E-state index in [0.29, 0.717) is 6.42 Å². The highest BCUT2D eigenvalue weighted by molar-refractivity contribution is 5.93. The first kappa shape index (κ1) is 19.6. The number of halogens is 2. The van der Waals surface area contributed by atoms with E-state index in [9.17, 15) is 23.9 Å². The largest absolute Gasteiger partial charge is 0.481 e. The van der Waals surface area contributed by atoms with Gasteiger partial charge >= 0.3 is 11.9 Å². The van der Waals surface area contributed by atoms with Crippen molar-refractivity contribution in [1.29, 1.82) is 0 Å². The number of nitrogens with one attached hydrogen (secondary N) is 1. The molecular formula is C14H22ClFN2O5. The lowest BCUT2D eigenvalue weighted by molar-refractivity contribution is -0.153. The fourth-order valence-electron chi connectivity index (χ4n) is 3.55. The van der Waals surface area contributed by atoms with Crippen molar-refractivity contribution in [3.8, 4) is 0 Å².